The number of nitrogens with zero attached hydrogens (tertiary/aromatic N) is 2. The van der Waals surface area contributed by atoms with Crippen molar-refractivity contribution >= 4 is 39.3 Å². The van der Waals surface area contributed by atoms with Gasteiger partial charge >= 0.3 is 11.8 Å². The Morgan fingerprint density at radius 3 is 1.91 bits per heavy atom. The van der Waals surface area contributed by atoms with E-state index in [1.165, 1.54) is 4.90 Å². The van der Waals surface area contributed by atoms with E-state index in [0.717, 1.165) is 15.6 Å². The molecule has 1 fully saturated rings. The number of anilines is 1. The topological polar surface area (TPSA) is 69.7 Å². The number of hydrogen-bond donors (Lipinski definition) is 1. The van der Waals surface area contributed by atoms with Gasteiger partial charge in [0.05, 0.1) is 5.56 Å². The van der Waals surface area contributed by atoms with Gasteiger partial charge in [-0.3, -0.25) is 14.4 Å². The van der Waals surface area contributed by atoms with Gasteiger partial charge in [-0.25, -0.2) is 0 Å². The number of halogens is 1. The second kappa shape index (κ2) is 9.78. The molecule has 0 aromatic heterocycles. The van der Waals surface area contributed by atoms with Gasteiger partial charge in [0.1, 0.15) is 0 Å². The van der Waals surface area contributed by atoms with E-state index in [2.05, 4.69) is 21.2 Å². The van der Waals surface area contributed by atoms with E-state index < -0.39 is 11.8 Å². The maximum Gasteiger partial charge on any atom is 0.313 e. The summed E-state index contributed by atoms with van der Waals surface area (Å²) < 4.78 is 0.737. The van der Waals surface area contributed by atoms with Crippen LogP contribution in [-0.4, -0.2) is 53.7 Å². The highest BCUT2D eigenvalue weighted by Gasteiger charge is 2.28. The fraction of sp³-hybridized carbons (Fsp3) is 0.160. The van der Waals surface area contributed by atoms with Gasteiger partial charge < -0.3 is 15.1 Å². The molecule has 6 nitrogen and oxygen atoms in total. The molecule has 1 aliphatic rings. The Kier molecular flexibility index (Phi) is 6.66. The highest BCUT2D eigenvalue weighted by atomic mass is 79.9. The molecule has 0 saturated carbocycles. The minimum atomic E-state index is -0.678. The fourth-order valence-corrected chi connectivity index (χ4v) is 4.08. The Balaban J connectivity index is 1.32. The molecule has 3 amide bonds. The van der Waals surface area contributed by atoms with Gasteiger partial charge in [0, 0.05) is 36.3 Å². The zero-order chi connectivity index (χ0) is 22.5. The Labute approximate surface area is 195 Å². The molecule has 1 saturated heterocycles. The molecule has 3 aromatic carbocycles. The van der Waals surface area contributed by atoms with Gasteiger partial charge in [0.25, 0.3) is 5.91 Å². The normalized spacial score (nSPS) is 13.5. The molecule has 7 heteroatoms. The van der Waals surface area contributed by atoms with Crippen LogP contribution in [0.3, 0.4) is 0 Å². The van der Waals surface area contributed by atoms with E-state index in [1.807, 2.05) is 60.7 Å². The van der Waals surface area contributed by atoms with Crippen molar-refractivity contribution in [2.45, 2.75) is 0 Å². The van der Waals surface area contributed by atoms with Crippen molar-refractivity contribution < 1.29 is 14.4 Å². The van der Waals surface area contributed by atoms with Crippen LogP contribution >= 0.6 is 15.9 Å². The van der Waals surface area contributed by atoms with Crippen molar-refractivity contribution in [1.82, 2.24) is 9.80 Å². The highest BCUT2D eigenvalue weighted by molar-refractivity contribution is 9.10. The second-order valence-electron chi connectivity index (χ2n) is 7.46. The number of hydrogen-bond acceptors (Lipinski definition) is 3. The molecule has 32 heavy (non-hydrogen) atoms. The maximum atomic E-state index is 12.7. The summed E-state index contributed by atoms with van der Waals surface area (Å²) in [4.78, 5) is 41.0. The summed E-state index contributed by atoms with van der Waals surface area (Å²) in [6.45, 7) is 1.39. The minimum absolute atomic E-state index is 0.0902. The molecule has 1 aliphatic heterocycles. The number of benzene rings is 3. The lowest BCUT2D eigenvalue weighted by Gasteiger charge is -2.34. The number of carbonyl (C=O) groups excluding carboxylic acids is 3. The van der Waals surface area contributed by atoms with Crippen LogP contribution in [0.2, 0.25) is 0 Å². The maximum absolute atomic E-state index is 12.7. The Morgan fingerprint density at radius 2 is 1.25 bits per heavy atom. The third kappa shape index (κ3) is 4.89. The lowest BCUT2D eigenvalue weighted by Crippen LogP contribution is -2.53. The van der Waals surface area contributed by atoms with E-state index in [-0.39, 0.29) is 5.91 Å². The first kappa shape index (κ1) is 21.8. The van der Waals surface area contributed by atoms with E-state index in [9.17, 15) is 14.4 Å². The number of amides is 3. The molecule has 3 aromatic rings. The lowest BCUT2D eigenvalue weighted by atomic mass is 10.1. The first-order chi connectivity index (χ1) is 15.5. The van der Waals surface area contributed by atoms with Crippen LogP contribution in [0.1, 0.15) is 10.4 Å². The van der Waals surface area contributed by atoms with Crippen LogP contribution in [0.5, 0.6) is 0 Å². The van der Waals surface area contributed by atoms with Crippen molar-refractivity contribution in [1.29, 1.82) is 0 Å². The molecule has 1 heterocycles. The van der Waals surface area contributed by atoms with Gasteiger partial charge in [-0.2, -0.15) is 0 Å². The Bertz CT molecular complexity index is 1120. The summed E-state index contributed by atoms with van der Waals surface area (Å²) in [6, 6.07) is 24.5. The average Bonchev–Trinajstić information content (AvgIpc) is 2.84. The molecular formula is C25H22BrN3O3. The number of piperazine rings is 1. The zero-order valence-electron chi connectivity index (χ0n) is 17.3. The SMILES string of the molecule is O=C(Nc1ccc(-c2ccccc2)cc1)C(=O)N1CCN(C(=O)c2ccccc2Br)CC1. The molecule has 0 spiro atoms. The van der Waals surface area contributed by atoms with Crippen molar-refractivity contribution in [3.05, 3.63) is 88.9 Å². The van der Waals surface area contributed by atoms with Crippen LogP contribution in [0.15, 0.2) is 83.3 Å². The number of nitrogens with one attached hydrogen (secondary N) is 1. The van der Waals surface area contributed by atoms with Crippen LogP contribution < -0.4 is 5.32 Å². The first-order valence-electron chi connectivity index (χ1n) is 10.3. The summed E-state index contributed by atoms with van der Waals surface area (Å²) >= 11 is 3.40. The first-order valence-corrected chi connectivity index (χ1v) is 11.1. The van der Waals surface area contributed by atoms with Crippen LogP contribution in [0.25, 0.3) is 11.1 Å². The minimum Gasteiger partial charge on any atom is -0.335 e. The van der Waals surface area contributed by atoms with Gasteiger partial charge in [-0.15, -0.1) is 0 Å². The van der Waals surface area contributed by atoms with Crippen molar-refractivity contribution in [3.8, 4) is 11.1 Å². The molecule has 0 unspecified atom stereocenters. The lowest BCUT2D eigenvalue weighted by molar-refractivity contribution is -0.144. The van der Waals surface area contributed by atoms with E-state index >= 15 is 0 Å². The Morgan fingerprint density at radius 1 is 0.688 bits per heavy atom. The monoisotopic (exact) mass is 491 g/mol. The molecular weight excluding hydrogens is 470 g/mol. The van der Waals surface area contributed by atoms with Gasteiger partial charge in [0.2, 0.25) is 0 Å². The molecule has 1 N–H and O–H groups in total. The summed E-state index contributed by atoms with van der Waals surface area (Å²) in [7, 11) is 0. The van der Waals surface area contributed by atoms with Gasteiger partial charge in [-0.05, 0) is 51.3 Å². The van der Waals surface area contributed by atoms with Crippen molar-refractivity contribution in [2.75, 3.05) is 31.5 Å². The summed E-state index contributed by atoms with van der Waals surface area (Å²) in [6.07, 6.45) is 0. The van der Waals surface area contributed by atoms with Crippen LogP contribution in [0, 0.1) is 0 Å². The molecule has 162 valence electrons. The third-order valence-electron chi connectivity index (χ3n) is 5.40. The summed E-state index contributed by atoms with van der Waals surface area (Å²) in [5, 5.41) is 2.67. The van der Waals surface area contributed by atoms with Crippen molar-refractivity contribution in [2.24, 2.45) is 0 Å². The standard InChI is InChI=1S/C25H22BrN3O3/c26-22-9-5-4-8-21(22)24(31)28-14-16-29(17-15-28)25(32)23(30)27-20-12-10-19(11-13-20)18-6-2-1-3-7-18/h1-13H,14-17H2,(H,27,30). The highest BCUT2D eigenvalue weighted by Crippen LogP contribution is 2.21. The van der Waals surface area contributed by atoms with E-state index in [0.29, 0.717) is 37.4 Å². The predicted molar refractivity (Wildman–Crippen MR) is 127 cm³/mol. The average molecular weight is 492 g/mol. The fourth-order valence-electron chi connectivity index (χ4n) is 3.62. The van der Waals surface area contributed by atoms with Crippen LogP contribution in [-0.2, 0) is 9.59 Å². The quantitative estimate of drug-likeness (QED) is 0.562. The molecule has 0 aliphatic carbocycles. The Hall–Kier alpha value is -3.45. The summed E-state index contributed by atoms with van der Waals surface area (Å²) in [5.74, 6) is -1.36. The van der Waals surface area contributed by atoms with Crippen LogP contribution in [0.4, 0.5) is 5.69 Å². The van der Waals surface area contributed by atoms with Gasteiger partial charge in [-0.1, -0.05) is 54.6 Å². The van der Waals surface area contributed by atoms with Gasteiger partial charge in [0.15, 0.2) is 0 Å². The molecule has 0 atom stereocenters. The van der Waals surface area contributed by atoms with E-state index in [4.69, 9.17) is 0 Å². The largest absolute Gasteiger partial charge is 0.335 e. The number of carbonyl (C=O) groups is 3. The molecule has 0 bridgehead atoms. The third-order valence-corrected chi connectivity index (χ3v) is 6.09. The molecule has 4 rings (SSSR count). The van der Waals surface area contributed by atoms with Crippen molar-refractivity contribution in [3.63, 3.8) is 0 Å². The smallest absolute Gasteiger partial charge is 0.313 e. The molecule has 0 radical (unpaired) electrons. The second-order valence-corrected chi connectivity index (χ2v) is 8.32. The number of rotatable bonds is 3. The summed E-state index contributed by atoms with van der Waals surface area (Å²) in [5.41, 5.74) is 3.26. The predicted octanol–water partition coefficient (Wildman–Crippen LogP) is 4.04. The zero-order valence-corrected chi connectivity index (χ0v) is 18.9. The van der Waals surface area contributed by atoms with E-state index in [1.54, 1.807) is 23.1 Å².